The van der Waals surface area contributed by atoms with Crippen molar-refractivity contribution in [2.75, 3.05) is 6.61 Å². The van der Waals surface area contributed by atoms with Crippen molar-refractivity contribution in [1.29, 1.82) is 0 Å². The Morgan fingerprint density at radius 3 is 2.72 bits per heavy atom. The third-order valence-corrected chi connectivity index (χ3v) is 4.92. The summed E-state index contributed by atoms with van der Waals surface area (Å²) in [7, 11) is 0. The van der Waals surface area contributed by atoms with Crippen molar-refractivity contribution < 1.29 is 9.53 Å². The summed E-state index contributed by atoms with van der Waals surface area (Å²) in [6, 6.07) is 15.6. The van der Waals surface area contributed by atoms with Crippen LogP contribution in [0, 0.1) is 0 Å². The van der Waals surface area contributed by atoms with Gasteiger partial charge in [-0.05, 0) is 24.4 Å². The number of benzene rings is 2. The van der Waals surface area contributed by atoms with E-state index in [0.29, 0.717) is 16.6 Å². The van der Waals surface area contributed by atoms with Gasteiger partial charge in [0.05, 0.1) is 29.4 Å². The lowest BCUT2D eigenvalue weighted by Crippen LogP contribution is -2.19. The van der Waals surface area contributed by atoms with Crippen molar-refractivity contribution in [2.24, 2.45) is 0 Å². The molecular weight excluding hydrogens is 368 g/mol. The standard InChI is InChI=1S/C22H16N4O3/c1-2-29-22(28)17-13-24-26-19-10-11-25(21(27)16(19)12-23-20(17)26)18-9-5-7-14-6-3-4-8-15(14)18/h3-13H,2H2,1H3. The molecule has 0 saturated heterocycles. The maximum atomic E-state index is 13.2. The largest absolute Gasteiger partial charge is 0.462 e. The Balaban J connectivity index is 1.75. The van der Waals surface area contributed by atoms with Crippen LogP contribution in [0.4, 0.5) is 0 Å². The molecule has 0 atom stereocenters. The summed E-state index contributed by atoms with van der Waals surface area (Å²) >= 11 is 0. The van der Waals surface area contributed by atoms with Crippen LogP contribution in [0.5, 0.6) is 0 Å². The van der Waals surface area contributed by atoms with Gasteiger partial charge in [-0.25, -0.2) is 14.3 Å². The van der Waals surface area contributed by atoms with Gasteiger partial charge in [0.25, 0.3) is 5.56 Å². The third kappa shape index (κ3) is 2.59. The highest BCUT2D eigenvalue weighted by Gasteiger charge is 2.18. The molecule has 7 heteroatoms. The van der Waals surface area contributed by atoms with Crippen LogP contribution in [-0.2, 0) is 4.74 Å². The van der Waals surface area contributed by atoms with Gasteiger partial charge in [0.1, 0.15) is 5.56 Å². The van der Waals surface area contributed by atoms with E-state index in [2.05, 4.69) is 10.1 Å². The van der Waals surface area contributed by atoms with Crippen LogP contribution in [-0.4, -0.2) is 31.7 Å². The first-order valence-corrected chi connectivity index (χ1v) is 9.22. The van der Waals surface area contributed by atoms with Crippen LogP contribution in [0.25, 0.3) is 33.0 Å². The zero-order chi connectivity index (χ0) is 20.0. The Bertz CT molecular complexity index is 1460. The first-order valence-electron chi connectivity index (χ1n) is 9.22. The zero-order valence-electron chi connectivity index (χ0n) is 15.6. The van der Waals surface area contributed by atoms with Gasteiger partial charge in [0.15, 0.2) is 5.65 Å². The highest BCUT2D eigenvalue weighted by Crippen LogP contribution is 2.22. The van der Waals surface area contributed by atoms with Crippen LogP contribution in [0.15, 0.2) is 71.9 Å². The molecule has 5 aromatic rings. The van der Waals surface area contributed by atoms with Crippen molar-refractivity contribution >= 4 is 33.3 Å². The van der Waals surface area contributed by atoms with E-state index in [1.54, 1.807) is 23.8 Å². The molecule has 3 heterocycles. The summed E-state index contributed by atoms with van der Waals surface area (Å²) in [6.45, 7) is 2.00. The minimum Gasteiger partial charge on any atom is -0.462 e. The average Bonchev–Trinajstić information content (AvgIpc) is 3.19. The molecular formula is C22H16N4O3. The molecule has 142 valence electrons. The van der Waals surface area contributed by atoms with E-state index in [1.165, 1.54) is 16.9 Å². The smallest absolute Gasteiger partial charge is 0.343 e. The van der Waals surface area contributed by atoms with Gasteiger partial charge in [-0.3, -0.25) is 9.36 Å². The summed E-state index contributed by atoms with van der Waals surface area (Å²) in [5.41, 5.74) is 1.79. The molecule has 3 aromatic heterocycles. The van der Waals surface area contributed by atoms with Crippen molar-refractivity contribution in [3.8, 4) is 5.69 Å². The fraction of sp³-hybridized carbons (Fsp3) is 0.0909. The van der Waals surface area contributed by atoms with Gasteiger partial charge in [-0.1, -0.05) is 36.4 Å². The maximum absolute atomic E-state index is 13.2. The Kier molecular flexibility index (Phi) is 3.87. The number of aromatic nitrogens is 4. The normalized spacial score (nSPS) is 11.3. The number of rotatable bonds is 3. The van der Waals surface area contributed by atoms with Crippen molar-refractivity contribution in [3.05, 3.63) is 83.0 Å². The molecule has 0 aliphatic heterocycles. The Morgan fingerprint density at radius 2 is 1.86 bits per heavy atom. The highest BCUT2D eigenvalue weighted by atomic mass is 16.5. The van der Waals surface area contributed by atoms with Crippen molar-refractivity contribution in [2.45, 2.75) is 6.92 Å². The predicted octanol–water partition coefficient (Wildman–Crippen LogP) is 3.36. The maximum Gasteiger partial charge on any atom is 0.343 e. The van der Waals surface area contributed by atoms with E-state index >= 15 is 0 Å². The van der Waals surface area contributed by atoms with Gasteiger partial charge >= 0.3 is 5.97 Å². The van der Waals surface area contributed by atoms with E-state index < -0.39 is 5.97 Å². The van der Waals surface area contributed by atoms with E-state index in [9.17, 15) is 9.59 Å². The lowest BCUT2D eigenvalue weighted by atomic mass is 10.1. The first-order chi connectivity index (χ1) is 14.2. The number of carbonyl (C=O) groups excluding carboxylic acids is 1. The number of ether oxygens (including phenoxy) is 1. The van der Waals surface area contributed by atoms with E-state index in [4.69, 9.17) is 4.74 Å². The second-order valence-corrected chi connectivity index (χ2v) is 6.56. The molecule has 0 bridgehead atoms. The van der Waals surface area contributed by atoms with Gasteiger partial charge < -0.3 is 4.74 Å². The predicted molar refractivity (Wildman–Crippen MR) is 110 cm³/mol. The zero-order valence-corrected chi connectivity index (χ0v) is 15.6. The van der Waals surface area contributed by atoms with Gasteiger partial charge in [0, 0.05) is 17.8 Å². The third-order valence-electron chi connectivity index (χ3n) is 4.92. The SMILES string of the molecule is CCOC(=O)c1cnn2c1ncc1c(=O)n(-c3cccc4ccccc34)ccc12. The molecule has 0 fully saturated rings. The fourth-order valence-corrected chi connectivity index (χ4v) is 3.58. The summed E-state index contributed by atoms with van der Waals surface area (Å²) in [5.74, 6) is -0.488. The lowest BCUT2D eigenvalue weighted by molar-refractivity contribution is 0.0528. The molecule has 0 aliphatic rings. The topological polar surface area (TPSA) is 78.5 Å². The van der Waals surface area contributed by atoms with E-state index in [-0.39, 0.29) is 17.7 Å². The average molecular weight is 384 g/mol. The monoisotopic (exact) mass is 384 g/mol. The number of esters is 1. The van der Waals surface area contributed by atoms with Crippen LogP contribution >= 0.6 is 0 Å². The fourth-order valence-electron chi connectivity index (χ4n) is 3.58. The minimum atomic E-state index is -0.488. The second kappa shape index (κ2) is 6.56. The molecule has 29 heavy (non-hydrogen) atoms. The highest BCUT2D eigenvalue weighted by molar-refractivity contribution is 5.97. The summed E-state index contributed by atoms with van der Waals surface area (Å²) in [5, 5.41) is 6.69. The number of pyridine rings is 1. The van der Waals surface area contributed by atoms with E-state index in [1.807, 2.05) is 42.5 Å². The second-order valence-electron chi connectivity index (χ2n) is 6.56. The molecule has 0 spiro atoms. The molecule has 2 aromatic carbocycles. The minimum absolute atomic E-state index is 0.207. The summed E-state index contributed by atoms with van der Waals surface area (Å²) in [6.07, 6.45) is 4.62. The summed E-state index contributed by atoms with van der Waals surface area (Å²) < 4.78 is 8.15. The number of carbonyl (C=O) groups is 1. The van der Waals surface area contributed by atoms with Crippen molar-refractivity contribution in [3.63, 3.8) is 0 Å². The molecule has 0 saturated carbocycles. The molecule has 0 N–H and O–H groups in total. The first kappa shape index (κ1) is 17.1. The Morgan fingerprint density at radius 1 is 1.03 bits per heavy atom. The Labute approximate surface area is 164 Å². The van der Waals surface area contributed by atoms with Gasteiger partial charge in [-0.2, -0.15) is 5.10 Å². The van der Waals surface area contributed by atoms with Crippen LogP contribution in [0.2, 0.25) is 0 Å². The number of fused-ring (bicyclic) bond motifs is 4. The Hall–Kier alpha value is -4.00. The van der Waals surface area contributed by atoms with Gasteiger partial charge in [0.2, 0.25) is 0 Å². The van der Waals surface area contributed by atoms with Crippen LogP contribution in [0.1, 0.15) is 17.3 Å². The number of hydrogen-bond donors (Lipinski definition) is 0. The lowest BCUT2D eigenvalue weighted by Gasteiger charge is -2.11. The molecule has 5 rings (SSSR count). The van der Waals surface area contributed by atoms with Crippen molar-refractivity contribution in [1.82, 2.24) is 19.2 Å². The molecule has 0 radical (unpaired) electrons. The number of hydrogen-bond acceptors (Lipinski definition) is 5. The molecule has 0 aliphatic carbocycles. The van der Waals surface area contributed by atoms with Gasteiger partial charge in [-0.15, -0.1) is 0 Å². The summed E-state index contributed by atoms with van der Waals surface area (Å²) in [4.78, 5) is 29.7. The molecule has 0 unspecified atom stereocenters. The number of nitrogens with zero attached hydrogens (tertiary/aromatic N) is 4. The molecule has 7 nitrogen and oxygen atoms in total. The van der Waals surface area contributed by atoms with Crippen LogP contribution in [0.3, 0.4) is 0 Å². The van der Waals surface area contributed by atoms with E-state index in [0.717, 1.165) is 16.5 Å². The molecule has 0 amide bonds. The quantitative estimate of drug-likeness (QED) is 0.446. The van der Waals surface area contributed by atoms with Crippen LogP contribution < -0.4 is 5.56 Å².